The lowest BCUT2D eigenvalue weighted by atomic mass is 10.1. The molecule has 7 nitrogen and oxygen atoms in total. The molecule has 2 aromatic carbocycles. The number of nitrogens with one attached hydrogen (secondary N) is 1. The average molecular weight is 456 g/mol. The van der Waals surface area contributed by atoms with Crippen LogP contribution in [0.2, 0.25) is 0 Å². The van der Waals surface area contributed by atoms with Gasteiger partial charge in [0, 0.05) is 37.0 Å². The van der Waals surface area contributed by atoms with Gasteiger partial charge < -0.3 is 19.1 Å². The number of unbranched alkanes of at least 4 members (excludes halogenated alkanes) is 2. The Kier molecular flexibility index (Phi) is 8.29. The molecule has 0 unspecified atom stereocenters. The minimum Gasteiger partial charge on any atom is -0.496 e. The number of nitrogens with zero attached hydrogens (tertiary/aromatic N) is 2. The Bertz CT molecular complexity index is 1070. The number of aromatic nitrogens is 2. The van der Waals surface area contributed by atoms with Crippen molar-refractivity contribution in [2.24, 2.45) is 0 Å². The number of methoxy groups -OCH3 is 3. The topological polar surface area (TPSA) is 76.7 Å². The SMILES string of the molecule is COc1cc(OC)c(C(=O)N(C)CCCCCc2cc(-c3ccc(F)cc3)n[nH]2)cc1OC. The van der Waals surface area contributed by atoms with E-state index in [1.54, 1.807) is 36.2 Å². The first-order valence-corrected chi connectivity index (χ1v) is 10.8. The number of benzene rings is 2. The highest BCUT2D eigenvalue weighted by atomic mass is 19.1. The van der Waals surface area contributed by atoms with Gasteiger partial charge in [-0.2, -0.15) is 5.10 Å². The largest absolute Gasteiger partial charge is 0.496 e. The fourth-order valence-electron chi connectivity index (χ4n) is 3.60. The summed E-state index contributed by atoms with van der Waals surface area (Å²) in [5.41, 5.74) is 3.15. The van der Waals surface area contributed by atoms with Crippen LogP contribution in [0.15, 0.2) is 42.5 Å². The summed E-state index contributed by atoms with van der Waals surface area (Å²) < 4.78 is 29.1. The molecule has 176 valence electrons. The van der Waals surface area contributed by atoms with Crippen LogP contribution in [-0.4, -0.2) is 55.9 Å². The summed E-state index contributed by atoms with van der Waals surface area (Å²) in [6.07, 6.45) is 3.66. The molecule has 0 aliphatic heterocycles. The molecule has 1 aromatic heterocycles. The van der Waals surface area contributed by atoms with Crippen LogP contribution in [0.5, 0.6) is 17.2 Å². The van der Waals surface area contributed by atoms with Gasteiger partial charge in [-0.25, -0.2) is 4.39 Å². The Balaban J connectivity index is 1.48. The summed E-state index contributed by atoms with van der Waals surface area (Å²) in [4.78, 5) is 14.6. The Morgan fingerprint density at radius 1 is 0.939 bits per heavy atom. The highest BCUT2D eigenvalue weighted by Gasteiger charge is 2.20. The van der Waals surface area contributed by atoms with E-state index in [4.69, 9.17) is 14.2 Å². The summed E-state index contributed by atoms with van der Waals surface area (Å²) in [7, 11) is 6.37. The van der Waals surface area contributed by atoms with E-state index in [9.17, 15) is 9.18 Å². The van der Waals surface area contributed by atoms with Crippen LogP contribution in [0.1, 0.15) is 35.3 Å². The minimum absolute atomic E-state index is 0.134. The molecule has 0 fully saturated rings. The van der Waals surface area contributed by atoms with Crippen molar-refractivity contribution < 1.29 is 23.4 Å². The lowest BCUT2D eigenvalue weighted by Gasteiger charge is -2.20. The molecule has 0 bridgehead atoms. The van der Waals surface area contributed by atoms with Crippen LogP contribution in [-0.2, 0) is 6.42 Å². The highest BCUT2D eigenvalue weighted by Crippen LogP contribution is 2.35. The predicted octanol–water partition coefficient (Wildman–Crippen LogP) is 4.73. The number of ether oxygens (including phenoxy) is 3. The Labute approximate surface area is 193 Å². The second-order valence-corrected chi connectivity index (χ2v) is 7.73. The summed E-state index contributed by atoms with van der Waals surface area (Å²) in [6.45, 7) is 0.625. The van der Waals surface area contributed by atoms with E-state index in [-0.39, 0.29) is 11.7 Å². The van der Waals surface area contributed by atoms with Gasteiger partial charge in [-0.05, 0) is 49.6 Å². The van der Waals surface area contributed by atoms with Crippen LogP contribution < -0.4 is 14.2 Å². The summed E-state index contributed by atoms with van der Waals surface area (Å²) in [6, 6.07) is 11.6. The van der Waals surface area contributed by atoms with Crippen LogP contribution in [0.4, 0.5) is 4.39 Å². The summed E-state index contributed by atoms with van der Waals surface area (Å²) >= 11 is 0. The van der Waals surface area contributed by atoms with E-state index in [2.05, 4.69) is 10.2 Å². The fourth-order valence-corrected chi connectivity index (χ4v) is 3.60. The zero-order valence-corrected chi connectivity index (χ0v) is 19.5. The zero-order valence-electron chi connectivity index (χ0n) is 19.5. The fraction of sp³-hybridized carbons (Fsp3) is 0.360. The first kappa shape index (κ1) is 24.1. The number of carbonyl (C=O) groups is 1. The third-order valence-corrected chi connectivity index (χ3v) is 5.49. The maximum atomic E-state index is 13.1. The zero-order chi connectivity index (χ0) is 23.8. The van der Waals surface area contributed by atoms with Crippen molar-refractivity contribution in [1.82, 2.24) is 15.1 Å². The minimum atomic E-state index is -0.262. The number of aromatic amines is 1. The smallest absolute Gasteiger partial charge is 0.257 e. The molecule has 1 N–H and O–H groups in total. The number of halogens is 1. The predicted molar refractivity (Wildman–Crippen MR) is 125 cm³/mol. The molecular formula is C25H30FN3O4. The van der Waals surface area contributed by atoms with Gasteiger partial charge in [-0.15, -0.1) is 0 Å². The molecule has 0 saturated heterocycles. The molecule has 0 atom stereocenters. The maximum absolute atomic E-state index is 13.1. The van der Waals surface area contributed by atoms with Crippen molar-refractivity contribution in [3.05, 3.63) is 59.5 Å². The lowest BCUT2D eigenvalue weighted by Crippen LogP contribution is -2.28. The summed E-state index contributed by atoms with van der Waals surface area (Å²) in [5.74, 6) is 1.04. The van der Waals surface area contributed by atoms with E-state index >= 15 is 0 Å². The molecule has 0 radical (unpaired) electrons. The molecule has 3 rings (SSSR count). The Morgan fingerprint density at radius 2 is 1.61 bits per heavy atom. The van der Waals surface area contributed by atoms with Gasteiger partial charge in [0.15, 0.2) is 11.5 Å². The van der Waals surface area contributed by atoms with Crippen LogP contribution in [0.3, 0.4) is 0 Å². The van der Waals surface area contributed by atoms with Gasteiger partial charge in [-0.1, -0.05) is 6.42 Å². The quantitative estimate of drug-likeness (QED) is 0.423. The number of hydrogen-bond donors (Lipinski definition) is 1. The third kappa shape index (κ3) is 6.03. The molecular weight excluding hydrogens is 425 g/mol. The molecule has 1 heterocycles. The van der Waals surface area contributed by atoms with Crippen molar-refractivity contribution >= 4 is 5.91 Å². The molecule has 0 aliphatic rings. The normalized spacial score (nSPS) is 10.7. The first-order valence-electron chi connectivity index (χ1n) is 10.8. The number of hydrogen-bond acceptors (Lipinski definition) is 5. The van der Waals surface area contributed by atoms with E-state index in [0.717, 1.165) is 42.6 Å². The number of aryl methyl sites for hydroxylation is 1. The van der Waals surface area contributed by atoms with Crippen LogP contribution in [0, 0.1) is 5.82 Å². The number of H-pyrrole nitrogens is 1. The van der Waals surface area contributed by atoms with Gasteiger partial charge in [0.1, 0.15) is 11.6 Å². The number of rotatable bonds is 11. The van der Waals surface area contributed by atoms with Gasteiger partial charge in [0.05, 0.1) is 32.6 Å². The standard InChI is InChI=1S/C25H30FN3O4/c1-29(25(30)20-15-23(32-3)24(33-4)16-22(20)31-2)13-7-5-6-8-19-14-21(28-27-19)17-9-11-18(26)12-10-17/h9-12,14-16H,5-8,13H2,1-4H3,(H,27,28). The Morgan fingerprint density at radius 3 is 2.27 bits per heavy atom. The van der Waals surface area contributed by atoms with Crippen molar-refractivity contribution in [2.75, 3.05) is 34.9 Å². The lowest BCUT2D eigenvalue weighted by molar-refractivity contribution is 0.0788. The number of amides is 1. The third-order valence-electron chi connectivity index (χ3n) is 5.49. The van der Waals surface area contributed by atoms with Crippen LogP contribution in [0.25, 0.3) is 11.3 Å². The van der Waals surface area contributed by atoms with Crippen molar-refractivity contribution in [3.63, 3.8) is 0 Å². The first-order chi connectivity index (χ1) is 16.0. The van der Waals surface area contributed by atoms with Gasteiger partial charge in [-0.3, -0.25) is 9.89 Å². The molecule has 0 aliphatic carbocycles. The van der Waals surface area contributed by atoms with Gasteiger partial charge >= 0.3 is 0 Å². The maximum Gasteiger partial charge on any atom is 0.257 e. The summed E-state index contributed by atoms with van der Waals surface area (Å²) in [5, 5.41) is 7.36. The number of carbonyl (C=O) groups excluding carboxylic acids is 1. The van der Waals surface area contributed by atoms with E-state index in [0.29, 0.717) is 29.4 Å². The van der Waals surface area contributed by atoms with E-state index in [1.165, 1.54) is 33.5 Å². The average Bonchev–Trinajstić information content (AvgIpc) is 3.31. The molecule has 1 amide bonds. The van der Waals surface area contributed by atoms with Gasteiger partial charge in [0.25, 0.3) is 5.91 Å². The molecule has 33 heavy (non-hydrogen) atoms. The van der Waals surface area contributed by atoms with Crippen molar-refractivity contribution in [2.45, 2.75) is 25.7 Å². The molecule has 0 spiro atoms. The highest BCUT2D eigenvalue weighted by molar-refractivity contribution is 5.97. The molecule has 8 heteroatoms. The monoisotopic (exact) mass is 455 g/mol. The second kappa shape index (κ2) is 11.4. The van der Waals surface area contributed by atoms with Crippen LogP contribution >= 0.6 is 0 Å². The molecule has 3 aromatic rings. The second-order valence-electron chi connectivity index (χ2n) is 7.73. The van der Waals surface area contributed by atoms with E-state index in [1.807, 2.05) is 6.07 Å². The van der Waals surface area contributed by atoms with Crippen molar-refractivity contribution in [1.29, 1.82) is 0 Å². The van der Waals surface area contributed by atoms with Gasteiger partial charge in [0.2, 0.25) is 0 Å². The van der Waals surface area contributed by atoms with E-state index < -0.39 is 0 Å². The van der Waals surface area contributed by atoms with Crippen molar-refractivity contribution in [3.8, 4) is 28.5 Å². The molecule has 0 saturated carbocycles. The Hall–Kier alpha value is -3.55.